The number of carbonyl (C=O) groups excluding carboxylic acids is 1. The Hall–Kier alpha value is -3.09. The van der Waals surface area contributed by atoms with Gasteiger partial charge in [-0.3, -0.25) is 9.78 Å². The minimum atomic E-state index is -0.394. The van der Waals surface area contributed by atoms with E-state index >= 15 is 0 Å². The second kappa shape index (κ2) is 7.79. The van der Waals surface area contributed by atoms with Crippen LogP contribution in [-0.2, 0) is 0 Å². The third-order valence-corrected chi connectivity index (χ3v) is 2.96. The zero-order valence-electron chi connectivity index (χ0n) is 13.1. The van der Waals surface area contributed by atoms with Gasteiger partial charge >= 0.3 is 0 Å². The predicted octanol–water partition coefficient (Wildman–Crippen LogP) is 1.87. The summed E-state index contributed by atoms with van der Waals surface area (Å²) in [5.41, 5.74) is 3.37. The molecule has 1 aromatic heterocycles. The number of carbonyl (C=O) groups is 1. The van der Waals surface area contributed by atoms with Crippen LogP contribution in [0.3, 0.4) is 0 Å². The van der Waals surface area contributed by atoms with Crippen LogP contribution in [-0.4, -0.2) is 38.4 Å². The van der Waals surface area contributed by atoms with E-state index in [-0.39, 0.29) is 5.69 Å². The summed E-state index contributed by atoms with van der Waals surface area (Å²) < 4.78 is 15.7. The van der Waals surface area contributed by atoms with Crippen molar-refractivity contribution in [1.82, 2.24) is 10.4 Å². The number of nitrogens with one attached hydrogen (secondary N) is 1. The predicted molar refractivity (Wildman–Crippen MR) is 85.4 cm³/mol. The van der Waals surface area contributed by atoms with Gasteiger partial charge in [-0.1, -0.05) is 6.07 Å². The second-order valence-electron chi connectivity index (χ2n) is 4.37. The van der Waals surface area contributed by atoms with E-state index in [4.69, 9.17) is 14.2 Å². The van der Waals surface area contributed by atoms with E-state index in [1.54, 1.807) is 30.3 Å². The first-order valence-corrected chi connectivity index (χ1v) is 6.74. The quantitative estimate of drug-likeness (QED) is 0.650. The molecule has 0 aliphatic heterocycles. The van der Waals surface area contributed by atoms with Crippen LogP contribution in [0.25, 0.3) is 0 Å². The maximum Gasteiger partial charge on any atom is 0.289 e. The molecule has 0 fully saturated rings. The zero-order chi connectivity index (χ0) is 16.7. The topological polar surface area (TPSA) is 82.0 Å². The van der Waals surface area contributed by atoms with Crippen LogP contribution < -0.4 is 19.6 Å². The van der Waals surface area contributed by atoms with Gasteiger partial charge in [0, 0.05) is 11.8 Å². The Morgan fingerprint density at radius 3 is 2.35 bits per heavy atom. The van der Waals surface area contributed by atoms with Crippen molar-refractivity contribution in [2.75, 3.05) is 21.3 Å². The van der Waals surface area contributed by atoms with Crippen molar-refractivity contribution in [1.29, 1.82) is 0 Å². The number of nitrogens with zero attached hydrogens (tertiary/aromatic N) is 2. The summed E-state index contributed by atoms with van der Waals surface area (Å²) in [5.74, 6) is 1.10. The Bertz CT molecular complexity index is 677. The molecule has 2 rings (SSSR count). The number of methoxy groups -OCH3 is 3. The number of pyridine rings is 1. The number of amides is 1. The molecule has 120 valence electrons. The Morgan fingerprint density at radius 2 is 1.83 bits per heavy atom. The maximum atomic E-state index is 11.8. The van der Waals surface area contributed by atoms with Gasteiger partial charge in [0.05, 0.1) is 27.5 Å². The highest BCUT2D eigenvalue weighted by atomic mass is 16.5. The zero-order valence-corrected chi connectivity index (χ0v) is 13.1. The number of rotatable bonds is 6. The molecule has 23 heavy (non-hydrogen) atoms. The van der Waals surface area contributed by atoms with Crippen molar-refractivity contribution in [3.8, 4) is 17.2 Å². The van der Waals surface area contributed by atoms with E-state index in [2.05, 4.69) is 15.5 Å². The summed E-state index contributed by atoms with van der Waals surface area (Å²) in [6.45, 7) is 0. The summed E-state index contributed by atoms with van der Waals surface area (Å²) in [6, 6.07) is 8.50. The van der Waals surface area contributed by atoms with Crippen LogP contribution in [0.1, 0.15) is 16.1 Å². The molecule has 0 unspecified atom stereocenters. The van der Waals surface area contributed by atoms with Gasteiger partial charge < -0.3 is 14.2 Å². The molecule has 1 heterocycles. The molecule has 0 atom stereocenters. The van der Waals surface area contributed by atoms with Gasteiger partial charge in [-0.15, -0.1) is 0 Å². The molecular weight excluding hydrogens is 298 g/mol. The summed E-state index contributed by atoms with van der Waals surface area (Å²) >= 11 is 0. The standard InChI is InChI=1S/C16H17N3O4/c1-21-13-8-11(9-14(22-2)15(13)23-3)10-18-19-16(20)12-6-4-5-7-17-12/h4-10H,1-3H3,(H,19,20)/b18-10-. The van der Waals surface area contributed by atoms with Crippen LogP contribution >= 0.6 is 0 Å². The Kier molecular flexibility index (Phi) is 5.51. The third kappa shape index (κ3) is 3.97. The molecule has 7 nitrogen and oxygen atoms in total. The fourth-order valence-electron chi connectivity index (χ4n) is 1.90. The molecule has 0 saturated heterocycles. The van der Waals surface area contributed by atoms with Crippen molar-refractivity contribution in [2.24, 2.45) is 5.10 Å². The van der Waals surface area contributed by atoms with Crippen LogP contribution in [0.5, 0.6) is 17.2 Å². The van der Waals surface area contributed by atoms with Crippen LogP contribution in [0.2, 0.25) is 0 Å². The molecule has 1 aromatic carbocycles. The highest BCUT2D eigenvalue weighted by molar-refractivity contribution is 5.93. The van der Waals surface area contributed by atoms with Crippen molar-refractivity contribution in [3.05, 3.63) is 47.8 Å². The highest BCUT2D eigenvalue weighted by Crippen LogP contribution is 2.37. The number of hydrazone groups is 1. The molecular formula is C16H17N3O4. The summed E-state index contributed by atoms with van der Waals surface area (Å²) in [7, 11) is 4.59. The lowest BCUT2D eigenvalue weighted by atomic mass is 10.2. The Labute approximate surface area is 133 Å². The summed E-state index contributed by atoms with van der Waals surface area (Å²) in [5, 5.41) is 3.91. The molecule has 7 heteroatoms. The van der Waals surface area contributed by atoms with Crippen LogP contribution in [0.4, 0.5) is 0 Å². The lowest BCUT2D eigenvalue weighted by Gasteiger charge is -2.12. The molecule has 0 radical (unpaired) electrons. The van der Waals surface area contributed by atoms with Gasteiger partial charge in [-0.05, 0) is 24.3 Å². The molecule has 0 bridgehead atoms. The summed E-state index contributed by atoms with van der Waals surface area (Å²) in [4.78, 5) is 15.8. The first-order valence-electron chi connectivity index (χ1n) is 6.74. The van der Waals surface area contributed by atoms with E-state index in [9.17, 15) is 4.79 Å². The molecule has 0 aliphatic rings. The monoisotopic (exact) mass is 315 g/mol. The van der Waals surface area contributed by atoms with Crippen molar-refractivity contribution < 1.29 is 19.0 Å². The van der Waals surface area contributed by atoms with Crippen molar-refractivity contribution in [3.63, 3.8) is 0 Å². The van der Waals surface area contributed by atoms with Crippen LogP contribution in [0, 0.1) is 0 Å². The van der Waals surface area contributed by atoms with Crippen LogP contribution in [0.15, 0.2) is 41.6 Å². The molecule has 1 amide bonds. The fraction of sp³-hybridized carbons (Fsp3) is 0.188. The van der Waals surface area contributed by atoms with E-state index < -0.39 is 5.91 Å². The lowest BCUT2D eigenvalue weighted by molar-refractivity contribution is 0.0950. The average Bonchev–Trinajstić information content (AvgIpc) is 2.61. The normalized spacial score (nSPS) is 10.4. The molecule has 0 spiro atoms. The molecule has 0 saturated carbocycles. The number of ether oxygens (including phenoxy) is 3. The fourth-order valence-corrected chi connectivity index (χ4v) is 1.90. The lowest BCUT2D eigenvalue weighted by Crippen LogP contribution is -2.18. The van der Waals surface area contributed by atoms with Gasteiger partial charge in [-0.2, -0.15) is 5.10 Å². The highest BCUT2D eigenvalue weighted by Gasteiger charge is 2.12. The summed E-state index contributed by atoms with van der Waals surface area (Å²) in [6.07, 6.45) is 3.02. The van der Waals surface area contributed by atoms with Crippen molar-refractivity contribution in [2.45, 2.75) is 0 Å². The minimum absolute atomic E-state index is 0.287. The molecule has 1 N–H and O–H groups in total. The SMILES string of the molecule is COc1cc(/C=N\NC(=O)c2ccccn2)cc(OC)c1OC. The Morgan fingerprint density at radius 1 is 1.13 bits per heavy atom. The molecule has 0 aliphatic carbocycles. The number of aromatic nitrogens is 1. The van der Waals surface area contributed by atoms with Gasteiger partial charge in [0.2, 0.25) is 5.75 Å². The van der Waals surface area contributed by atoms with E-state index in [1.807, 2.05) is 0 Å². The van der Waals surface area contributed by atoms with E-state index in [0.29, 0.717) is 22.8 Å². The Balaban J connectivity index is 2.15. The average molecular weight is 315 g/mol. The van der Waals surface area contributed by atoms with E-state index in [0.717, 1.165) is 0 Å². The molecule has 2 aromatic rings. The number of benzene rings is 1. The van der Waals surface area contributed by atoms with Gasteiger partial charge in [-0.25, -0.2) is 5.43 Å². The first-order chi connectivity index (χ1) is 11.2. The first kappa shape index (κ1) is 16.3. The van der Waals surface area contributed by atoms with Gasteiger partial charge in [0.25, 0.3) is 5.91 Å². The smallest absolute Gasteiger partial charge is 0.289 e. The van der Waals surface area contributed by atoms with E-state index in [1.165, 1.54) is 33.7 Å². The largest absolute Gasteiger partial charge is 0.493 e. The minimum Gasteiger partial charge on any atom is -0.493 e. The van der Waals surface area contributed by atoms with Gasteiger partial charge in [0.1, 0.15) is 5.69 Å². The van der Waals surface area contributed by atoms with Gasteiger partial charge in [0.15, 0.2) is 11.5 Å². The number of hydrogen-bond donors (Lipinski definition) is 1. The second-order valence-corrected chi connectivity index (χ2v) is 4.37. The maximum absolute atomic E-state index is 11.8. The number of hydrogen-bond acceptors (Lipinski definition) is 6. The third-order valence-electron chi connectivity index (χ3n) is 2.96. The van der Waals surface area contributed by atoms with Crippen molar-refractivity contribution >= 4 is 12.1 Å².